The Morgan fingerprint density at radius 1 is 0.731 bits per heavy atom. The van der Waals surface area contributed by atoms with Crippen molar-refractivity contribution in [2.75, 3.05) is 13.2 Å². The number of rotatable bonds is 27. The average molecular weight is 809 g/mol. The second-order valence-corrected chi connectivity index (χ2v) is 15.5. The number of unbranched alkanes of at least 4 members (excludes halogenated alkanes) is 6. The van der Waals surface area contributed by atoms with Gasteiger partial charge in [0.1, 0.15) is 43.2 Å². The monoisotopic (exact) mass is 808 g/mol. The quantitative estimate of drug-likeness (QED) is 0.0298. The molecule has 0 aromatic rings. The first-order chi connectivity index (χ1) is 24.3. The van der Waals surface area contributed by atoms with Crippen molar-refractivity contribution >= 4 is 35.4 Å². The zero-order valence-electron chi connectivity index (χ0n) is 28.9. The molecule has 0 amide bonds. The van der Waals surface area contributed by atoms with Gasteiger partial charge in [-0.15, -0.1) is 6.58 Å². The Labute approximate surface area is 302 Å². The van der Waals surface area contributed by atoms with Crippen LogP contribution in [-0.4, -0.2) is 97.9 Å². The minimum absolute atomic E-state index is 0.0564. The van der Waals surface area contributed by atoms with E-state index in [1.165, 1.54) is 0 Å². The Morgan fingerprint density at radius 3 is 1.94 bits per heavy atom. The van der Waals surface area contributed by atoms with Crippen molar-refractivity contribution in [1.82, 2.24) is 0 Å². The number of aliphatic hydroxyl groups excluding tert-OH is 3. The molecule has 0 saturated heterocycles. The van der Waals surface area contributed by atoms with Crippen LogP contribution in [0.15, 0.2) is 37.0 Å². The first kappa shape index (κ1) is 48.4. The van der Waals surface area contributed by atoms with E-state index in [1.807, 2.05) is 24.3 Å². The number of hydrogen-bond donors (Lipinski definition) is 6. The van der Waals surface area contributed by atoms with Crippen LogP contribution >= 0.6 is 23.5 Å². The maximum atomic E-state index is 12.9. The van der Waals surface area contributed by atoms with E-state index in [0.717, 1.165) is 38.5 Å². The number of phosphoric ester groups is 3. The second-order valence-electron chi connectivity index (χ2n) is 11.8. The summed E-state index contributed by atoms with van der Waals surface area (Å²) in [6, 6.07) is 0. The van der Waals surface area contributed by atoms with Crippen molar-refractivity contribution in [2.45, 2.75) is 127 Å². The van der Waals surface area contributed by atoms with E-state index in [2.05, 4.69) is 22.6 Å². The lowest BCUT2D eigenvalue weighted by molar-refractivity contribution is -0.352. The fourth-order valence-electron chi connectivity index (χ4n) is 4.82. The van der Waals surface area contributed by atoms with Gasteiger partial charge in [-0.2, -0.15) is 0 Å². The topological polar surface area (TPSA) is 308 Å². The number of aliphatic hydroxyl groups is 3. The third kappa shape index (κ3) is 21.3. The molecule has 302 valence electrons. The van der Waals surface area contributed by atoms with Crippen LogP contribution in [0.1, 0.15) is 84.0 Å². The number of carbonyl (C=O) groups excluding carboxylic acids is 2. The van der Waals surface area contributed by atoms with Gasteiger partial charge < -0.3 is 58.3 Å². The van der Waals surface area contributed by atoms with Gasteiger partial charge >= 0.3 is 27.6 Å². The lowest BCUT2D eigenvalue weighted by Crippen LogP contribution is -2.65. The van der Waals surface area contributed by atoms with Gasteiger partial charge in [0.05, 0.1) is 14.4 Å². The van der Waals surface area contributed by atoms with E-state index >= 15 is 0 Å². The number of hydrogen-bond acceptors (Lipinski definition) is 16. The Hall–Kier alpha value is -1.63. The summed E-state index contributed by atoms with van der Waals surface area (Å²) in [4.78, 5) is 76.0. The van der Waals surface area contributed by atoms with Crippen molar-refractivity contribution in [2.24, 2.45) is 0 Å². The Balaban J connectivity index is 2.96. The predicted molar refractivity (Wildman–Crippen MR) is 178 cm³/mol. The summed E-state index contributed by atoms with van der Waals surface area (Å²) in [5.41, 5.74) is 0. The molecule has 0 aromatic carbocycles. The van der Waals surface area contributed by atoms with Crippen LogP contribution in [0.25, 0.3) is 0 Å². The van der Waals surface area contributed by atoms with Gasteiger partial charge in [-0.3, -0.25) is 23.2 Å². The molecule has 1 aliphatic rings. The summed E-state index contributed by atoms with van der Waals surface area (Å²) in [7, 11) is -17.1. The van der Waals surface area contributed by atoms with Crippen LogP contribution in [0.2, 0.25) is 0 Å². The van der Waals surface area contributed by atoms with Gasteiger partial charge in [0.25, 0.3) is 0 Å². The van der Waals surface area contributed by atoms with Crippen molar-refractivity contribution in [3.05, 3.63) is 37.0 Å². The smallest absolute Gasteiger partial charge is 0.472 e. The Kier molecular flexibility index (Phi) is 23.0. The lowest BCUT2D eigenvalue weighted by Gasteiger charge is -2.47. The number of phosphoric acid groups is 3. The van der Waals surface area contributed by atoms with Crippen molar-refractivity contribution in [3.63, 3.8) is 0 Å². The first-order valence-electron chi connectivity index (χ1n) is 16.7. The van der Waals surface area contributed by atoms with Gasteiger partial charge in [0.2, 0.25) is 0 Å². The fourth-order valence-corrected chi connectivity index (χ4v) is 6.90. The van der Waals surface area contributed by atoms with Crippen LogP contribution in [-0.2, 0) is 50.9 Å². The summed E-state index contributed by atoms with van der Waals surface area (Å²) in [5, 5.41) is 31.4. The van der Waals surface area contributed by atoms with Gasteiger partial charge in [0, 0.05) is 12.8 Å². The summed E-state index contributed by atoms with van der Waals surface area (Å²) >= 11 is 0. The summed E-state index contributed by atoms with van der Waals surface area (Å²) in [5.74, 6) is -1.41. The zero-order valence-corrected chi connectivity index (χ0v) is 31.6. The normalized spacial score (nSPS) is 24.5. The third-order valence-corrected chi connectivity index (χ3v) is 9.34. The Morgan fingerprint density at radius 2 is 1.31 bits per heavy atom. The molecule has 1 rings (SSSR count). The van der Waals surface area contributed by atoms with Gasteiger partial charge in [-0.25, -0.2) is 9.13 Å². The minimum atomic E-state index is -6.04. The van der Waals surface area contributed by atoms with Crippen molar-refractivity contribution in [3.8, 4) is 0 Å². The molecule has 1 fully saturated rings. The van der Waals surface area contributed by atoms with Gasteiger partial charge in [-0.05, 0) is 32.1 Å². The highest BCUT2D eigenvalue weighted by Crippen LogP contribution is 2.50. The van der Waals surface area contributed by atoms with Crippen molar-refractivity contribution in [1.29, 1.82) is 0 Å². The molecule has 0 heterocycles. The van der Waals surface area contributed by atoms with E-state index in [9.17, 15) is 63.1 Å². The molecule has 19 nitrogen and oxygen atoms in total. The Bertz CT molecular complexity index is 1280. The fraction of sp³-hybridized carbons (Fsp3) is 0.733. The van der Waals surface area contributed by atoms with E-state index in [0.29, 0.717) is 25.7 Å². The molecule has 52 heavy (non-hydrogen) atoms. The average Bonchev–Trinajstić information content (AvgIpc) is 3.04. The molecule has 0 bridgehead atoms. The molecule has 0 spiro atoms. The predicted octanol–water partition coefficient (Wildman–Crippen LogP) is 1.73. The highest BCUT2D eigenvalue weighted by Gasteiger charge is 2.55. The zero-order chi connectivity index (χ0) is 39.4. The van der Waals surface area contributed by atoms with Crippen LogP contribution in [0.5, 0.6) is 0 Å². The minimum Gasteiger partial charge on any atom is -0.790 e. The van der Waals surface area contributed by atoms with E-state index in [-0.39, 0.29) is 12.8 Å². The summed E-state index contributed by atoms with van der Waals surface area (Å²) in [6.07, 6.45) is 0.248. The standard InChI is InChI=1S/C30H53O19P3/c1-3-5-7-9-11-12-13-15-17-19-24(32)46-22(20-44-23(31)18-16-14-10-8-6-4-2)21-45-52(42,43)49-28-25(33)26(34)29(47-50(36,37)38)30(27(28)35)48-51(39,40)41/h3,7,9,12-13,22,25-30,33-35H,1,4-6,8,10-11,14-21H2,2H3,(H,42,43)(H2,36,37,38)(H2,39,40,41)/p-2/b9-7-,13-12-/t22?,25-,26+,27+,28-,29-,30-/m1/s1. The molecule has 0 aliphatic heterocycles. The second kappa shape index (κ2) is 24.7. The SMILES string of the molecule is C=CC/C=C\C/C=C\CCCC(=O)OC(COC(=O)CCCCCCCC)COP(=O)(O)O[C@@H]1[C@H](O)[C@H](O)[C@@H](OP(=O)([O-])[O-])[C@H](OP(=O)(O)O)[C@H]1O. The first-order valence-corrected chi connectivity index (χ1v) is 21.2. The van der Waals surface area contributed by atoms with E-state index in [1.54, 1.807) is 6.08 Å². The lowest BCUT2D eigenvalue weighted by atomic mass is 9.85. The molecule has 22 heteroatoms. The van der Waals surface area contributed by atoms with E-state index in [4.69, 9.17) is 18.5 Å². The molecule has 6 N–H and O–H groups in total. The van der Waals surface area contributed by atoms with Crippen molar-refractivity contribution < 1.29 is 90.6 Å². The maximum absolute atomic E-state index is 12.9. The van der Waals surface area contributed by atoms with Crippen LogP contribution < -0.4 is 9.79 Å². The van der Waals surface area contributed by atoms with Crippen LogP contribution in [0.4, 0.5) is 0 Å². The molecule has 1 aliphatic carbocycles. The molecule has 0 radical (unpaired) electrons. The molecule has 2 unspecified atom stereocenters. The van der Waals surface area contributed by atoms with Gasteiger partial charge in [-0.1, -0.05) is 69.4 Å². The number of ether oxygens (including phenoxy) is 2. The number of allylic oxidation sites excluding steroid dienone is 5. The van der Waals surface area contributed by atoms with Crippen LogP contribution in [0.3, 0.4) is 0 Å². The molecule has 8 atom stereocenters. The summed E-state index contributed by atoms with van der Waals surface area (Å²) < 4.78 is 63.9. The number of esters is 2. The maximum Gasteiger partial charge on any atom is 0.472 e. The molecule has 0 aromatic heterocycles. The van der Waals surface area contributed by atoms with E-state index < -0.39 is 91.3 Å². The number of carbonyl (C=O) groups is 2. The highest BCUT2D eigenvalue weighted by atomic mass is 31.2. The largest absolute Gasteiger partial charge is 0.790 e. The molecule has 1 saturated carbocycles. The third-order valence-electron chi connectivity index (χ3n) is 7.33. The highest BCUT2D eigenvalue weighted by molar-refractivity contribution is 7.47. The molecular formula is C30H51O19P3-2. The van der Waals surface area contributed by atoms with Gasteiger partial charge in [0.15, 0.2) is 6.10 Å². The molecular weight excluding hydrogens is 757 g/mol. The summed E-state index contributed by atoms with van der Waals surface area (Å²) in [6.45, 7) is 4.13. The van der Waals surface area contributed by atoms with Crippen LogP contribution in [0, 0.1) is 0 Å².